The van der Waals surface area contributed by atoms with Crippen LogP contribution in [0, 0.1) is 20.8 Å². The number of benzene rings is 1. The predicted molar refractivity (Wildman–Crippen MR) is 165 cm³/mol. The van der Waals surface area contributed by atoms with E-state index in [-0.39, 0.29) is 18.0 Å². The maximum Gasteiger partial charge on any atom is 0.254 e. The normalized spacial score (nSPS) is 18.6. The Morgan fingerprint density at radius 3 is 2.60 bits per heavy atom. The number of pyridine rings is 1. The molecule has 0 saturated carbocycles. The summed E-state index contributed by atoms with van der Waals surface area (Å²) < 4.78 is 12.1. The average molecular weight is 579 g/mol. The molecule has 3 aromatic rings. The van der Waals surface area contributed by atoms with Gasteiger partial charge >= 0.3 is 0 Å². The smallest absolute Gasteiger partial charge is 0.254 e. The molecule has 2 aromatic heterocycles. The Balaban J connectivity index is 1.53. The van der Waals surface area contributed by atoms with Gasteiger partial charge in [-0.3, -0.25) is 19.4 Å². The number of ether oxygens (including phenoxy) is 1. The quantitative estimate of drug-likeness (QED) is 0.388. The molecule has 2 aliphatic rings. The molecule has 2 fully saturated rings. The van der Waals surface area contributed by atoms with Crippen molar-refractivity contribution in [2.45, 2.75) is 85.1 Å². The first kappa shape index (κ1) is 30.3. The summed E-state index contributed by atoms with van der Waals surface area (Å²) >= 11 is 0. The highest BCUT2D eigenvalue weighted by molar-refractivity contribution is 6.07. The molecule has 10 heteroatoms. The second-order valence-electron chi connectivity index (χ2n) is 12.0. The zero-order valence-corrected chi connectivity index (χ0v) is 26.0. The van der Waals surface area contributed by atoms with Crippen LogP contribution in [0.4, 0.5) is 5.69 Å². The molecule has 42 heavy (non-hydrogen) atoms. The third-order valence-corrected chi connectivity index (χ3v) is 8.90. The van der Waals surface area contributed by atoms with Crippen molar-refractivity contribution in [3.05, 3.63) is 56.3 Å². The number of hydrogen-bond acceptors (Lipinski definition) is 8. The summed E-state index contributed by atoms with van der Waals surface area (Å²) in [6, 6.07) is 4.30. The predicted octanol–water partition coefficient (Wildman–Crippen LogP) is 4.25. The monoisotopic (exact) mass is 578 g/mol. The number of fused-ring (bicyclic) bond motifs is 1. The lowest BCUT2D eigenvalue weighted by Gasteiger charge is -2.38. The highest BCUT2D eigenvalue weighted by atomic mass is 16.5. The lowest BCUT2D eigenvalue weighted by Crippen LogP contribution is -2.47. The van der Waals surface area contributed by atoms with Crippen LogP contribution in [0.3, 0.4) is 0 Å². The Kier molecular flexibility index (Phi) is 9.35. The average Bonchev–Trinajstić information content (AvgIpc) is 3.35. The maximum atomic E-state index is 14.0. The van der Waals surface area contributed by atoms with Crippen LogP contribution in [0.25, 0.3) is 11.1 Å². The fourth-order valence-corrected chi connectivity index (χ4v) is 6.73. The molecule has 228 valence electrons. The zero-order chi connectivity index (χ0) is 30.0. The Hall–Kier alpha value is -3.21. The zero-order valence-electron chi connectivity index (χ0n) is 26.0. The third-order valence-electron chi connectivity index (χ3n) is 8.90. The van der Waals surface area contributed by atoms with Crippen LogP contribution in [0.1, 0.15) is 77.7 Å². The van der Waals surface area contributed by atoms with Gasteiger partial charge in [0.1, 0.15) is 5.52 Å². The number of anilines is 1. The van der Waals surface area contributed by atoms with E-state index in [1.165, 1.54) is 6.42 Å². The number of nitrogens with zero attached hydrogens (tertiary/aromatic N) is 4. The van der Waals surface area contributed by atoms with Gasteiger partial charge in [0.15, 0.2) is 5.58 Å². The molecule has 1 atom stereocenters. The molecule has 10 nitrogen and oxygen atoms in total. The van der Waals surface area contributed by atoms with E-state index in [9.17, 15) is 9.59 Å². The van der Waals surface area contributed by atoms with Crippen LogP contribution in [0.5, 0.6) is 0 Å². The fourth-order valence-electron chi connectivity index (χ4n) is 6.73. The first-order valence-corrected chi connectivity index (χ1v) is 15.3. The number of carbonyl (C=O) groups is 1. The van der Waals surface area contributed by atoms with Gasteiger partial charge in [0.25, 0.3) is 11.5 Å². The molecule has 1 amide bonds. The second kappa shape index (κ2) is 13.0. The molecule has 2 aliphatic heterocycles. The minimum atomic E-state index is -0.259. The van der Waals surface area contributed by atoms with Crippen LogP contribution in [0.15, 0.2) is 21.3 Å². The number of aromatic amines is 1. The Bertz CT molecular complexity index is 1470. The summed E-state index contributed by atoms with van der Waals surface area (Å²) in [7, 11) is 4.23. The van der Waals surface area contributed by atoms with Crippen LogP contribution >= 0.6 is 0 Å². The van der Waals surface area contributed by atoms with Crippen molar-refractivity contribution in [1.29, 1.82) is 0 Å². The van der Waals surface area contributed by atoms with E-state index in [1.54, 1.807) is 0 Å². The Morgan fingerprint density at radius 2 is 1.90 bits per heavy atom. The number of carbonyl (C=O) groups excluding carboxylic acids is 1. The molecule has 0 spiro atoms. The van der Waals surface area contributed by atoms with Gasteiger partial charge < -0.3 is 24.4 Å². The minimum absolute atomic E-state index is 0.131. The summed E-state index contributed by atoms with van der Waals surface area (Å²) in [6.07, 6.45) is 5.67. The fraction of sp³-hybridized carbons (Fsp3) is 0.594. The molecular weight excluding hydrogens is 532 g/mol. The van der Waals surface area contributed by atoms with E-state index < -0.39 is 0 Å². The SMILES string of the molecule is CCN(c1cc2oc(CN3CCCCC3N(C)C)nc2c(C(=O)NCc2c(C)cc(C)[nH]c2=O)c1C)C1CCOCC1. The molecule has 1 unspecified atom stereocenters. The molecule has 5 rings (SSSR count). The third kappa shape index (κ3) is 6.26. The lowest BCUT2D eigenvalue weighted by atomic mass is 9.99. The van der Waals surface area contributed by atoms with Gasteiger partial charge in [-0.1, -0.05) is 0 Å². The number of oxazole rings is 1. The lowest BCUT2D eigenvalue weighted by molar-refractivity contribution is 0.0331. The number of amides is 1. The minimum Gasteiger partial charge on any atom is -0.439 e. The number of likely N-dealkylation sites (tertiary alicyclic amines) is 1. The molecule has 0 bridgehead atoms. The van der Waals surface area contributed by atoms with E-state index in [0.717, 1.165) is 74.5 Å². The van der Waals surface area contributed by atoms with E-state index in [2.05, 4.69) is 52.1 Å². The van der Waals surface area contributed by atoms with Gasteiger partial charge in [-0.05, 0) is 91.1 Å². The van der Waals surface area contributed by atoms with Gasteiger partial charge in [0, 0.05) is 61.9 Å². The summed E-state index contributed by atoms with van der Waals surface area (Å²) in [4.78, 5) is 41.4. The van der Waals surface area contributed by atoms with Crippen molar-refractivity contribution in [2.75, 3.05) is 45.3 Å². The highest BCUT2D eigenvalue weighted by Gasteiger charge is 2.29. The molecular formula is C32H46N6O4. The van der Waals surface area contributed by atoms with Gasteiger partial charge in [0.05, 0.1) is 18.3 Å². The van der Waals surface area contributed by atoms with E-state index in [0.29, 0.717) is 46.9 Å². The summed E-state index contributed by atoms with van der Waals surface area (Å²) in [6.45, 7) is 11.9. The number of nitrogens with one attached hydrogen (secondary N) is 2. The Morgan fingerprint density at radius 1 is 1.14 bits per heavy atom. The van der Waals surface area contributed by atoms with Crippen LogP contribution in [-0.4, -0.2) is 78.3 Å². The van der Waals surface area contributed by atoms with Gasteiger partial charge in [-0.25, -0.2) is 4.98 Å². The topological polar surface area (TPSA) is 107 Å². The van der Waals surface area contributed by atoms with Crippen molar-refractivity contribution >= 4 is 22.7 Å². The van der Waals surface area contributed by atoms with Crippen LogP contribution < -0.4 is 15.8 Å². The van der Waals surface area contributed by atoms with E-state index in [1.807, 2.05) is 26.8 Å². The standard InChI is InChI=1S/C32H46N6O4/c1-7-38(23-11-14-41-15-12-23)25-17-26-30(35-27(42-26)19-37-13-9-8-10-28(37)36(5)6)29(22(25)4)32(40)33-18-24-20(2)16-21(3)34-31(24)39/h16-17,23,28H,7-15,18-19H2,1-6H3,(H,33,40)(H,34,39). The van der Waals surface area contributed by atoms with Crippen molar-refractivity contribution < 1.29 is 13.9 Å². The number of aryl methyl sites for hydroxylation is 2. The first-order valence-electron chi connectivity index (χ1n) is 15.3. The summed E-state index contributed by atoms with van der Waals surface area (Å²) in [5.74, 6) is 0.357. The number of rotatable bonds is 9. The number of H-pyrrole nitrogens is 1. The summed E-state index contributed by atoms with van der Waals surface area (Å²) in [5, 5.41) is 3.03. The van der Waals surface area contributed by atoms with Gasteiger partial charge in [-0.2, -0.15) is 0 Å². The molecule has 0 radical (unpaired) electrons. The second-order valence-corrected chi connectivity index (χ2v) is 12.0. The highest BCUT2D eigenvalue weighted by Crippen LogP contribution is 2.35. The number of piperidine rings is 1. The van der Waals surface area contributed by atoms with Crippen molar-refractivity contribution in [1.82, 2.24) is 25.1 Å². The molecule has 0 aliphatic carbocycles. The van der Waals surface area contributed by atoms with Crippen molar-refractivity contribution in [3.63, 3.8) is 0 Å². The van der Waals surface area contributed by atoms with Crippen LogP contribution in [0.2, 0.25) is 0 Å². The maximum absolute atomic E-state index is 14.0. The van der Waals surface area contributed by atoms with E-state index >= 15 is 0 Å². The summed E-state index contributed by atoms with van der Waals surface area (Å²) in [5.41, 5.74) is 5.56. The number of hydrogen-bond donors (Lipinski definition) is 2. The van der Waals surface area contributed by atoms with Crippen molar-refractivity contribution in [2.24, 2.45) is 0 Å². The Labute approximate surface area is 248 Å². The van der Waals surface area contributed by atoms with Gasteiger partial charge in [0.2, 0.25) is 5.89 Å². The van der Waals surface area contributed by atoms with Crippen LogP contribution in [-0.2, 0) is 17.8 Å². The van der Waals surface area contributed by atoms with E-state index in [4.69, 9.17) is 14.1 Å². The largest absolute Gasteiger partial charge is 0.439 e. The molecule has 1 aromatic carbocycles. The molecule has 2 saturated heterocycles. The number of aromatic nitrogens is 2. The van der Waals surface area contributed by atoms with Gasteiger partial charge in [-0.15, -0.1) is 0 Å². The molecule has 4 heterocycles. The first-order chi connectivity index (χ1) is 20.2. The molecule has 2 N–H and O–H groups in total. The van der Waals surface area contributed by atoms with Crippen molar-refractivity contribution in [3.8, 4) is 0 Å².